The van der Waals surface area contributed by atoms with E-state index < -0.39 is 0 Å². The maximum Gasteiger partial charge on any atom is 0.232 e. The molecule has 4 aromatic carbocycles. The molecule has 0 aliphatic heterocycles. The average Bonchev–Trinajstić information content (AvgIpc) is 2.95. The van der Waals surface area contributed by atoms with Crippen LogP contribution in [0.25, 0.3) is 33.0 Å². The van der Waals surface area contributed by atoms with Gasteiger partial charge in [-0.1, -0.05) is 60.7 Å². The molecule has 0 spiro atoms. The molecule has 2 N–H and O–H groups in total. The maximum atomic E-state index is 5.88. The molecule has 0 unspecified atom stereocenters. The highest BCUT2D eigenvalue weighted by Gasteiger charge is 2.09. The summed E-state index contributed by atoms with van der Waals surface area (Å²) in [6.45, 7) is 0.505. The van der Waals surface area contributed by atoms with E-state index in [1.807, 2.05) is 24.3 Å². The molecular weight excluding hydrogens is 602 g/mol. The van der Waals surface area contributed by atoms with E-state index >= 15 is 0 Å². The van der Waals surface area contributed by atoms with E-state index in [2.05, 4.69) is 101 Å². The Morgan fingerprint density at radius 2 is 1.17 bits per heavy atom. The monoisotopic (exact) mass is 618 g/mol. The number of hydrogen-bond donors (Lipinski definition) is 2. The number of nitrogens with zero attached hydrogens (tertiary/aromatic N) is 6. The Labute approximate surface area is 254 Å². The first kappa shape index (κ1) is 27.1. The molecule has 0 saturated heterocycles. The first-order valence-electron chi connectivity index (χ1n) is 12.3. The molecule has 0 saturated carbocycles. The van der Waals surface area contributed by atoms with Gasteiger partial charge in [0, 0.05) is 12.2 Å². The molecule has 12 heteroatoms. The predicted molar refractivity (Wildman–Crippen MR) is 165 cm³/mol. The van der Waals surface area contributed by atoms with Gasteiger partial charge >= 0.3 is 0 Å². The summed E-state index contributed by atoms with van der Waals surface area (Å²) in [5.41, 5.74) is 6.27. The van der Waals surface area contributed by atoms with Gasteiger partial charge in [0.2, 0.25) is 33.0 Å². The van der Waals surface area contributed by atoms with Gasteiger partial charge in [0.05, 0.1) is 0 Å². The van der Waals surface area contributed by atoms with E-state index in [1.165, 1.54) is 0 Å². The standard InChI is InChI=1S/C29H18Cl4N8/c30-24-36-25(31)39-28(38-24)34-15-16-7-12-23-19(13-16)5-2-6-22(23)20-4-1-3-18(14-20)17-8-10-21(11-9-17)35-29-40-26(32)37-27(33)41-29/h1-14H,15H2,(H,34,36,38,39)(H,35,37,40,41). The zero-order valence-corrected chi connectivity index (χ0v) is 24.0. The molecule has 2 heterocycles. The molecule has 202 valence electrons. The van der Waals surface area contributed by atoms with Crippen LogP contribution in [0.2, 0.25) is 21.1 Å². The topological polar surface area (TPSA) is 101 Å². The van der Waals surface area contributed by atoms with Crippen LogP contribution in [0.4, 0.5) is 17.6 Å². The molecule has 0 aliphatic carbocycles. The second-order valence-electron chi connectivity index (χ2n) is 8.89. The fourth-order valence-electron chi connectivity index (χ4n) is 4.40. The summed E-state index contributed by atoms with van der Waals surface area (Å²) < 4.78 is 0. The molecule has 0 amide bonds. The van der Waals surface area contributed by atoms with Crippen LogP contribution in [0.15, 0.2) is 84.9 Å². The van der Waals surface area contributed by atoms with E-state index in [0.29, 0.717) is 12.5 Å². The molecule has 0 bridgehead atoms. The average molecular weight is 620 g/mol. The van der Waals surface area contributed by atoms with Crippen LogP contribution in [0.3, 0.4) is 0 Å². The maximum absolute atomic E-state index is 5.88. The molecule has 0 aliphatic rings. The Bertz CT molecular complexity index is 1840. The van der Waals surface area contributed by atoms with Crippen molar-refractivity contribution in [2.45, 2.75) is 6.54 Å². The second kappa shape index (κ2) is 11.8. The van der Waals surface area contributed by atoms with Crippen molar-refractivity contribution in [3.05, 3.63) is 112 Å². The largest absolute Gasteiger partial charge is 0.350 e. The lowest BCUT2D eigenvalue weighted by Crippen LogP contribution is -2.04. The third-order valence-electron chi connectivity index (χ3n) is 6.21. The van der Waals surface area contributed by atoms with Gasteiger partial charge in [0.25, 0.3) is 0 Å². The minimum Gasteiger partial charge on any atom is -0.350 e. The second-order valence-corrected chi connectivity index (χ2v) is 10.2. The molecule has 6 rings (SSSR count). The van der Waals surface area contributed by atoms with Gasteiger partial charge in [-0.15, -0.1) is 0 Å². The van der Waals surface area contributed by atoms with Crippen molar-refractivity contribution >= 4 is 74.8 Å². The van der Waals surface area contributed by atoms with Crippen LogP contribution >= 0.6 is 46.4 Å². The van der Waals surface area contributed by atoms with E-state index in [1.54, 1.807) is 0 Å². The van der Waals surface area contributed by atoms with E-state index in [4.69, 9.17) is 46.4 Å². The van der Waals surface area contributed by atoms with Crippen molar-refractivity contribution in [3.8, 4) is 22.3 Å². The summed E-state index contributed by atoms with van der Waals surface area (Å²) >= 11 is 23.5. The number of aromatic nitrogens is 6. The van der Waals surface area contributed by atoms with Crippen molar-refractivity contribution in [2.75, 3.05) is 10.6 Å². The summed E-state index contributed by atoms with van der Waals surface area (Å²) in [5, 5.41) is 8.64. The summed E-state index contributed by atoms with van der Waals surface area (Å²) in [6, 6.07) is 29.0. The van der Waals surface area contributed by atoms with Gasteiger partial charge in [-0.3, -0.25) is 0 Å². The van der Waals surface area contributed by atoms with Crippen LogP contribution in [-0.4, -0.2) is 29.9 Å². The van der Waals surface area contributed by atoms with Gasteiger partial charge in [-0.2, -0.15) is 29.9 Å². The van der Waals surface area contributed by atoms with Gasteiger partial charge in [0.15, 0.2) is 0 Å². The highest BCUT2D eigenvalue weighted by molar-refractivity contribution is 6.31. The highest BCUT2D eigenvalue weighted by atomic mass is 35.5. The quantitative estimate of drug-likeness (QED) is 0.183. The molecule has 0 fully saturated rings. The Balaban J connectivity index is 1.22. The summed E-state index contributed by atoms with van der Waals surface area (Å²) in [5.74, 6) is 0.600. The van der Waals surface area contributed by atoms with E-state index in [-0.39, 0.29) is 27.1 Å². The molecule has 0 radical (unpaired) electrons. The lowest BCUT2D eigenvalue weighted by molar-refractivity contribution is 1.00. The van der Waals surface area contributed by atoms with Gasteiger partial charge < -0.3 is 10.6 Å². The lowest BCUT2D eigenvalue weighted by Gasteiger charge is -2.12. The zero-order chi connectivity index (χ0) is 28.3. The van der Waals surface area contributed by atoms with Gasteiger partial charge in [0.1, 0.15) is 0 Å². The number of hydrogen-bond acceptors (Lipinski definition) is 8. The Hall–Kier alpha value is -4.08. The van der Waals surface area contributed by atoms with Crippen LogP contribution in [0, 0.1) is 0 Å². The summed E-state index contributed by atoms with van der Waals surface area (Å²) in [6.07, 6.45) is 0. The first-order valence-corrected chi connectivity index (χ1v) is 13.8. The number of nitrogens with one attached hydrogen (secondary N) is 2. The normalized spacial score (nSPS) is 11.0. The Morgan fingerprint density at radius 3 is 1.88 bits per heavy atom. The van der Waals surface area contributed by atoms with Crippen molar-refractivity contribution in [1.29, 1.82) is 0 Å². The molecule has 6 aromatic rings. The Kier molecular flexibility index (Phi) is 7.80. The summed E-state index contributed by atoms with van der Waals surface area (Å²) in [7, 11) is 0. The van der Waals surface area contributed by atoms with Crippen molar-refractivity contribution in [2.24, 2.45) is 0 Å². The van der Waals surface area contributed by atoms with E-state index in [0.717, 1.165) is 44.3 Å². The van der Waals surface area contributed by atoms with Crippen molar-refractivity contribution in [3.63, 3.8) is 0 Å². The third-order valence-corrected chi connectivity index (χ3v) is 6.88. The van der Waals surface area contributed by atoms with Gasteiger partial charge in [-0.05, 0) is 109 Å². The number of rotatable bonds is 7. The predicted octanol–water partition coefficient (Wildman–Crippen LogP) is 8.51. The Morgan fingerprint density at radius 1 is 0.537 bits per heavy atom. The van der Waals surface area contributed by atoms with Crippen molar-refractivity contribution in [1.82, 2.24) is 29.9 Å². The van der Waals surface area contributed by atoms with Crippen LogP contribution in [0.5, 0.6) is 0 Å². The molecule has 8 nitrogen and oxygen atoms in total. The van der Waals surface area contributed by atoms with Crippen molar-refractivity contribution < 1.29 is 0 Å². The van der Waals surface area contributed by atoms with Crippen LogP contribution < -0.4 is 10.6 Å². The number of fused-ring (bicyclic) bond motifs is 1. The lowest BCUT2D eigenvalue weighted by atomic mass is 9.94. The number of anilines is 3. The van der Waals surface area contributed by atoms with E-state index in [9.17, 15) is 0 Å². The van der Waals surface area contributed by atoms with Crippen LogP contribution in [0.1, 0.15) is 5.56 Å². The molecular formula is C29H18Cl4N8. The van der Waals surface area contributed by atoms with Crippen LogP contribution in [-0.2, 0) is 6.54 Å². The number of halogens is 4. The minimum atomic E-state index is 0.0255. The smallest absolute Gasteiger partial charge is 0.232 e. The fourth-order valence-corrected chi connectivity index (χ4v) is 5.13. The van der Waals surface area contributed by atoms with Gasteiger partial charge in [-0.25, -0.2) is 0 Å². The zero-order valence-electron chi connectivity index (χ0n) is 21.0. The number of benzene rings is 4. The SMILES string of the molecule is Clc1nc(Cl)nc(NCc2ccc3c(-c4cccc(-c5ccc(Nc6nc(Cl)nc(Cl)n6)cc5)c4)cccc3c2)n1. The summed E-state index contributed by atoms with van der Waals surface area (Å²) in [4.78, 5) is 23.7. The minimum absolute atomic E-state index is 0.0255. The molecule has 0 atom stereocenters. The fraction of sp³-hybridized carbons (Fsp3) is 0.0345. The third kappa shape index (κ3) is 6.47. The highest BCUT2D eigenvalue weighted by Crippen LogP contribution is 2.33. The first-order chi connectivity index (χ1) is 19.9. The molecule has 41 heavy (non-hydrogen) atoms. The molecule has 2 aromatic heterocycles.